The number of fused-ring (bicyclic) bond motifs is 1. The number of esters is 1. The molecular weight excluding hydrogens is 472 g/mol. The second-order valence-electron chi connectivity index (χ2n) is 10.2. The van der Waals surface area contributed by atoms with E-state index in [1.54, 1.807) is 32.4 Å². The van der Waals surface area contributed by atoms with E-state index in [4.69, 9.17) is 9.47 Å². The molecule has 0 saturated heterocycles. The Labute approximate surface area is 215 Å². The summed E-state index contributed by atoms with van der Waals surface area (Å²) in [5.74, 6) is 0.219. The van der Waals surface area contributed by atoms with Gasteiger partial charge < -0.3 is 9.47 Å². The van der Waals surface area contributed by atoms with Crippen molar-refractivity contribution in [2.75, 3.05) is 7.11 Å². The molecule has 2 aromatic carbocycles. The molecule has 36 heavy (non-hydrogen) atoms. The highest BCUT2D eigenvalue weighted by atomic mass is 32.1. The van der Waals surface area contributed by atoms with Crippen LogP contribution in [0.5, 0.6) is 5.75 Å². The fraction of sp³-hybridized carbons (Fsp3) is 0.345. The average Bonchev–Trinajstić information content (AvgIpc) is 3.12. The second-order valence-corrected chi connectivity index (χ2v) is 11.2. The highest BCUT2D eigenvalue weighted by Gasteiger charge is 2.33. The molecule has 6 nitrogen and oxygen atoms in total. The molecule has 4 rings (SSSR count). The smallest absolute Gasteiger partial charge is 0.338 e. The van der Waals surface area contributed by atoms with E-state index in [1.807, 2.05) is 42.5 Å². The summed E-state index contributed by atoms with van der Waals surface area (Å²) in [7, 11) is 1.60. The second kappa shape index (κ2) is 9.90. The van der Waals surface area contributed by atoms with E-state index in [-0.39, 0.29) is 17.1 Å². The van der Waals surface area contributed by atoms with Gasteiger partial charge in [0.25, 0.3) is 5.56 Å². The molecule has 3 aromatic rings. The normalized spacial score (nSPS) is 16.1. The molecule has 7 heteroatoms. The molecule has 0 radical (unpaired) electrons. The van der Waals surface area contributed by atoms with Crippen LogP contribution < -0.4 is 19.6 Å². The molecule has 0 spiro atoms. The Morgan fingerprint density at radius 2 is 1.72 bits per heavy atom. The third-order valence-electron chi connectivity index (χ3n) is 6.09. The topological polar surface area (TPSA) is 69.9 Å². The summed E-state index contributed by atoms with van der Waals surface area (Å²) in [6, 6.07) is 15.0. The molecule has 1 aliphatic heterocycles. The largest absolute Gasteiger partial charge is 0.497 e. The van der Waals surface area contributed by atoms with Gasteiger partial charge in [0.15, 0.2) is 4.80 Å². The van der Waals surface area contributed by atoms with Crippen molar-refractivity contribution in [1.82, 2.24) is 4.57 Å². The lowest BCUT2D eigenvalue weighted by atomic mass is 9.87. The maximum Gasteiger partial charge on any atom is 0.338 e. The minimum absolute atomic E-state index is 0.0504. The summed E-state index contributed by atoms with van der Waals surface area (Å²) >= 11 is 1.32. The van der Waals surface area contributed by atoms with Gasteiger partial charge in [0.1, 0.15) is 5.75 Å². The van der Waals surface area contributed by atoms with Gasteiger partial charge in [0, 0.05) is 0 Å². The third-order valence-corrected chi connectivity index (χ3v) is 7.07. The highest BCUT2D eigenvalue weighted by Crippen LogP contribution is 2.32. The Kier molecular flexibility index (Phi) is 7.05. The quantitative estimate of drug-likeness (QED) is 0.480. The number of allylic oxidation sites excluding steroid dienone is 1. The average molecular weight is 505 g/mol. The van der Waals surface area contributed by atoms with Crippen molar-refractivity contribution in [3.05, 3.63) is 96.2 Å². The van der Waals surface area contributed by atoms with Crippen molar-refractivity contribution in [2.24, 2.45) is 4.99 Å². The lowest BCUT2D eigenvalue weighted by molar-refractivity contribution is -0.143. The first-order valence-corrected chi connectivity index (χ1v) is 12.8. The van der Waals surface area contributed by atoms with Gasteiger partial charge in [-0.05, 0) is 61.1 Å². The fourth-order valence-electron chi connectivity index (χ4n) is 4.19. The molecule has 1 atom stereocenters. The predicted octanol–water partition coefficient (Wildman–Crippen LogP) is 4.49. The Morgan fingerprint density at radius 3 is 2.28 bits per heavy atom. The fourth-order valence-corrected chi connectivity index (χ4v) is 5.24. The molecule has 0 fully saturated rings. The summed E-state index contributed by atoms with van der Waals surface area (Å²) in [6.45, 7) is 11.9. The number of carbonyl (C=O) groups is 1. The molecule has 0 saturated carbocycles. The molecule has 188 valence electrons. The van der Waals surface area contributed by atoms with E-state index < -0.39 is 12.0 Å². The molecule has 1 aliphatic rings. The van der Waals surface area contributed by atoms with Crippen LogP contribution >= 0.6 is 11.3 Å². The SMILES string of the molecule is COc1ccc(C2C(C(=O)OC(C)C)=C(C)N=c3sc(=Cc4ccc(C(C)(C)C)cc4)c(=O)n32)cc1. The van der Waals surface area contributed by atoms with E-state index in [0.29, 0.717) is 26.4 Å². The zero-order chi connectivity index (χ0) is 26.2. The van der Waals surface area contributed by atoms with Crippen molar-refractivity contribution in [3.63, 3.8) is 0 Å². The number of nitrogens with zero attached hydrogens (tertiary/aromatic N) is 2. The Morgan fingerprint density at radius 1 is 1.08 bits per heavy atom. The minimum Gasteiger partial charge on any atom is -0.497 e. The van der Waals surface area contributed by atoms with Crippen molar-refractivity contribution in [1.29, 1.82) is 0 Å². The molecular formula is C29H32N2O4S. The van der Waals surface area contributed by atoms with Crippen molar-refractivity contribution < 1.29 is 14.3 Å². The van der Waals surface area contributed by atoms with Crippen LogP contribution in [-0.2, 0) is 14.9 Å². The van der Waals surface area contributed by atoms with Crippen LogP contribution in [-0.4, -0.2) is 23.8 Å². The van der Waals surface area contributed by atoms with Crippen LogP contribution in [0.25, 0.3) is 6.08 Å². The zero-order valence-corrected chi connectivity index (χ0v) is 22.6. The lowest BCUT2D eigenvalue weighted by Crippen LogP contribution is -2.40. The number of rotatable bonds is 5. The summed E-state index contributed by atoms with van der Waals surface area (Å²) in [4.78, 5) is 32.1. The summed E-state index contributed by atoms with van der Waals surface area (Å²) in [5.41, 5.74) is 3.71. The maximum absolute atomic E-state index is 13.7. The van der Waals surface area contributed by atoms with Crippen molar-refractivity contribution >= 4 is 23.4 Å². The van der Waals surface area contributed by atoms with E-state index in [1.165, 1.54) is 16.9 Å². The van der Waals surface area contributed by atoms with Crippen LogP contribution in [0.1, 0.15) is 64.3 Å². The van der Waals surface area contributed by atoms with E-state index >= 15 is 0 Å². The summed E-state index contributed by atoms with van der Waals surface area (Å²) < 4.78 is 13.0. The third kappa shape index (κ3) is 5.07. The molecule has 1 aromatic heterocycles. The standard InChI is InChI=1S/C29H32N2O4S/c1-17(2)35-27(33)24-18(3)30-28-31(25(24)20-10-14-22(34-7)15-11-20)26(32)23(36-28)16-19-8-12-21(13-9-19)29(4,5)6/h8-17,25H,1-7H3. The monoisotopic (exact) mass is 504 g/mol. The summed E-state index contributed by atoms with van der Waals surface area (Å²) in [6.07, 6.45) is 1.59. The Balaban J connectivity index is 1.88. The van der Waals surface area contributed by atoms with E-state index in [0.717, 1.165) is 11.1 Å². The van der Waals surface area contributed by atoms with Crippen molar-refractivity contribution in [3.8, 4) is 5.75 Å². The highest BCUT2D eigenvalue weighted by molar-refractivity contribution is 7.07. The first kappa shape index (κ1) is 25.6. The van der Waals surface area contributed by atoms with Gasteiger partial charge in [0.05, 0.1) is 35.1 Å². The van der Waals surface area contributed by atoms with Gasteiger partial charge in [-0.1, -0.05) is 68.5 Å². The number of hydrogen-bond donors (Lipinski definition) is 0. The Bertz CT molecular complexity index is 1490. The molecule has 0 aliphatic carbocycles. The molecule has 0 N–H and O–H groups in total. The van der Waals surface area contributed by atoms with Gasteiger partial charge >= 0.3 is 5.97 Å². The zero-order valence-electron chi connectivity index (χ0n) is 21.8. The summed E-state index contributed by atoms with van der Waals surface area (Å²) in [5, 5.41) is 0. The first-order valence-electron chi connectivity index (χ1n) is 12.0. The number of benzene rings is 2. The molecule has 0 amide bonds. The number of hydrogen-bond acceptors (Lipinski definition) is 6. The Hall–Kier alpha value is -3.45. The molecule has 2 heterocycles. The van der Waals surface area contributed by atoms with Crippen LogP contribution in [0.2, 0.25) is 0 Å². The van der Waals surface area contributed by atoms with E-state index in [9.17, 15) is 9.59 Å². The number of aromatic nitrogens is 1. The maximum atomic E-state index is 13.7. The lowest BCUT2D eigenvalue weighted by Gasteiger charge is -2.25. The van der Waals surface area contributed by atoms with Crippen LogP contribution in [0.4, 0.5) is 0 Å². The van der Waals surface area contributed by atoms with Gasteiger partial charge in [-0.2, -0.15) is 0 Å². The number of carbonyl (C=O) groups excluding carboxylic acids is 1. The first-order chi connectivity index (χ1) is 17.0. The number of thiazole rings is 1. The minimum atomic E-state index is -0.649. The number of ether oxygens (including phenoxy) is 2. The van der Waals surface area contributed by atoms with Gasteiger partial charge in [0.2, 0.25) is 0 Å². The predicted molar refractivity (Wildman–Crippen MR) is 143 cm³/mol. The van der Waals surface area contributed by atoms with Gasteiger partial charge in [-0.3, -0.25) is 9.36 Å². The van der Waals surface area contributed by atoms with Crippen LogP contribution in [0.15, 0.2) is 69.6 Å². The van der Waals surface area contributed by atoms with E-state index in [2.05, 4.69) is 37.9 Å². The van der Waals surface area contributed by atoms with Crippen molar-refractivity contribution in [2.45, 2.75) is 59.1 Å². The van der Waals surface area contributed by atoms with Crippen LogP contribution in [0, 0.1) is 0 Å². The molecule has 1 unspecified atom stereocenters. The van der Waals surface area contributed by atoms with Gasteiger partial charge in [-0.15, -0.1) is 0 Å². The van der Waals surface area contributed by atoms with Crippen LogP contribution in [0.3, 0.4) is 0 Å². The molecule has 0 bridgehead atoms. The van der Waals surface area contributed by atoms with Gasteiger partial charge in [-0.25, -0.2) is 9.79 Å². The number of methoxy groups -OCH3 is 1.